The van der Waals surface area contributed by atoms with Crippen molar-refractivity contribution in [1.82, 2.24) is 9.47 Å². The zero-order valence-electron chi connectivity index (χ0n) is 22.4. The highest BCUT2D eigenvalue weighted by atomic mass is 79.9. The quantitative estimate of drug-likeness (QED) is 0.191. The first-order valence-electron chi connectivity index (χ1n) is 13.2. The van der Waals surface area contributed by atoms with Gasteiger partial charge in [-0.25, -0.2) is 4.79 Å². The van der Waals surface area contributed by atoms with Gasteiger partial charge in [-0.05, 0) is 65.7 Å². The largest absolute Gasteiger partial charge is 0.462 e. The van der Waals surface area contributed by atoms with Crippen LogP contribution in [-0.2, 0) is 16.1 Å². The van der Waals surface area contributed by atoms with E-state index in [9.17, 15) is 9.59 Å². The van der Waals surface area contributed by atoms with E-state index >= 15 is 0 Å². The predicted octanol–water partition coefficient (Wildman–Crippen LogP) is 6.13. The molecule has 0 radical (unpaired) electrons. The molecule has 0 N–H and O–H groups in total. The highest BCUT2D eigenvalue weighted by Crippen LogP contribution is 2.38. The first-order valence-corrected chi connectivity index (χ1v) is 14.0. The molecule has 1 aliphatic heterocycles. The third-order valence-electron chi connectivity index (χ3n) is 7.07. The number of esters is 2. The standard InChI is InChI=1S/C31H32BrN3O4/c1-4-38-31(37)30-24-18-29(39-22(3)36)25(32)19-27(24)35(23-11-6-5-7-12-23)28(30)20-33-14-16-34(17-15-33)26-13-9-8-10-21(26)2/h5-13,18-19H,4,14-17,20H2,1-3H3. The predicted molar refractivity (Wildman–Crippen MR) is 157 cm³/mol. The van der Waals surface area contributed by atoms with Crippen molar-refractivity contribution in [1.29, 1.82) is 0 Å². The Morgan fingerprint density at radius 2 is 1.64 bits per heavy atom. The van der Waals surface area contributed by atoms with Crippen molar-refractivity contribution in [2.45, 2.75) is 27.3 Å². The van der Waals surface area contributed by atoms with Crippen molar-refractivity contribution < 1.29 is 19.1 Å². The van der Waals surface area contributed by atoms with Crippen LogP contribution in [0.15, 0.2) is 71.2 Å². The van der Waals surface area contributed by atoms with Crippen LogP contribution in [0.2, 0.25) is 0 Å². The minimum Gasteiger partial charge on any atom is -0.462 e. The zero-order chi connectivity index (χ0) is 27.5. The Hall–Kier alpha value is -3.62. The second kappa shape index (κ2) is 11.6. The lowest BCUT2D eigenvalue weighted by Gasteiger charge is -2.37. The highest BCUT2D eigenvalue weighted by Gasteiger charge is 2.28. The molecule has 0 amide bonds. The number of hydrogen-bond acceptors (Lipinski definition) is 6. The maximum absolute atomic E-state index is 13.5. The average molecular weight is 591 g/mol. The van der Waals surface area contributed by atoms with Crippen molar-refractivity contribution in [2.24, 2.45) is 0 Å². The van der Waals surface area contributed by atoms with E-state index in [1.54, 1.807) is 13.0 Å². The van der Waals surface area contributed by atoms with Gasteiger partial charge in [0.05, 0.1) is 27.9 Å². The number of fused-ring (bicyclic) bond motifs is 1. The zero-order valence-corrected chi connectivity index (χ0v) is 24.0. The van der Waals surface area contributed by atoms with Gasteiger partial charge in [0.15, 0.2) is 0 Å². The van der Waals surface area contributed by atoms with Gasteiger partial charge in [-0.2, -0.15) is 0 Å². The van der Waals surface area contributed by atoms with Crippen LogP contribution in [0.4, 0.5) is 5.69 Å². The number of piperazine rings is 1. The van der Waals surface area contributed by atoms with Gasteiger partial charge in [0.25, 0.3) is 0 Å². The van der Waals surface area contributed by atoms with E-state index in [-0.39, 0.29) is 12.6 Å². The number of rotatable bonds is 7. The Morgan fingerprint density at radius 3 is 2.31 bits per heavy atom. The molecule has 0 atom stereocenters. The number of aryl methyl sites for hydroxylation is 1. The van der Waals surface area contributed by atoms with Crippen molar-refractivity contribution in [3.8, 4) is 11.4 Å². The van der Waals surface area contributed by atoms with E-state index in [1.807, 2.05) is 36.4 Å². The van der Waals surface area contributed by atoms with Crippen LogP contribution in [0.3, 0.4) is 0 Å². The normalized spacial score (nSPS) is 14.0. The molecule has 1 saturated heterocycles. The molecule has 0 spiro atoms. The molecule has 5 rings (SSSR count). The first-order chi connectivity index (χ1) is 18.9. The summed E-state index contributed by atoms with van der Waals surface area (Å²) in [5.41, 5.74) is 5.67. The van der Waals surface area contributed by atoms with Crippen molar-refractivity contribution in [2.75, 3.05) is 37.7 Å². The lowest BCUT2D eigenvalue weighted by Crippen LogP contribution is -2.46. The van der Waals surface area contributed by atoms with E-state index in [0.717, 1.165) is 43.1 Å². The second-order valence-electron chi connectivity index (χ2n) is 9.66. The summed E-state index contributed by atoms with van der Waals surface area (Å²) in [5, 5.41) is 0.685. The van der Waals surface area contributed by atoms with Crippen LogP contribution in [0.5, 0.6) is 5.75 Å². The molecule has 0 bridgehead atoms. The molecule has 0 saturated carbocycles. The number of aromatic nitrogens is 1. The third kappa shape index (κ3) is 5.58. The second-order valence-corrected chi connectivity index (χ2v) is 10.5. The van der Waals surface area contributed by atoms with Gasteiger partial charge in [-0.15, -0.1) is 0 Å². The molecule has 2 heterocycles. The van der Waals surface area contributed by atoms with E-state index in [4.69, 9.17) is 9.47 Å². The molecule has 1 fully saturated rings. The Kier molecular flexibility index (Phi) is 8.04. The minimum atomic E-state index is -0.429. The molecule has 3 aromatic carbocycles. The first kappa shape index (κ1) is 27.0. The van der Waals surface area contributed by atoms with E-state index in [0.29, 0.717) is 27.7 Å². The monoisotopic (exact) mass is 589 g/mol. The third-order valence-corrected chi connectivity index (χ3v) is 7.69. The molecule has 4 aromatic rings. The topological polar surface area (TPSA) is 64.0 Å². The summed E-state index contributed by atoms with van der Waals surface area (Å²) in [5.74, 6) is -0.451. The smallest absolute Gasteiger partial charge is 0.340 e. The summed E-state index contributed by atoms with van der Waals surface area (Å²) in [4.78, 5) is 30.1. The summed E-state index contributed by atoms with van der Waals surface area (Å²) < 4.78 is 13.8. The number of hydrogen-bond donors (Lipinski definition) is 0. The Morgan fingerprint density at radius 1 is 0.949 bits per heavy atom. The summed E-state index contributed by atoms with van der Waals surface area (Å²) in [6, 6.07) is 22.1. The lowest BCUT2D eigenvalue weighted by atomic mass is 10.1. The molecule has 0 unspecified atom stereocenters. The summed E-state index contributed by atoms with van der Waals surface area (Å²) >= 11 is 3.56. The molecule has 39 heavy (non-hydrogen) atoms. The fourth-order valence-corrected chi connectivity index (χ4v) is 5.72. The van der Waals surface area contributed by atoms with Gasteiger partial charge < -0.3 is 18.9 Å². The molecule has 202 valence electrons. The van der Waals surface area contributed by atoms with Crippen LogP contribution >= 0.6 is 15.9 Å². The van der Waals surface area contributed by atoms with Gasteiger partial charge in [0.2, 0.25) is 0 Å². The van der Waals surface area contributed by atoms with E-state index in [1.165, 1.54) is 18.2 Å². The van der Waals surface area contributed by atoms with Crippen molar-refractivity contribution in [3.05, 3.63) is 88.0 Å². The number of carbonyl (C=O) groups is 2. The lowest BCUT2D eigenvalue weighted by molar-refractivity contribution is -0.131. The Bertz CT molecular complexity index is 1510. The fraction of sp³-hybridized carbons (Fsp3) is 0.290. The van der Waals surface area contributed by atoms with Gasteiger partial charge in [-0.1, -0.05) is 36.4 Å². The van der Waals surface area contributed by atoms with Crippen LogP contribution in [0.1, 0.15) is 35.5 Å². The number of halogens is 1. The number of carbonyl (C=O) groups excluding carboxylic acids is 2. The van der Waals surface area contributed by atoms with Crippen LogP contribution in [0.25, 0.3) is 16.6 Å². The number of para-hydroxylation sites is 2. The van der Waals surface area contributed by atoms with Gasteiger partial charge >= 0.3 is 11.9 Å². The number of ether oxygens (including phenoxy) is 2. The molecule has 1 aromatic heterocycles. The van der Waals surface area contributed by atoms with Gasteiger partial charge in [-0.3, -0.25) is 9.69 Å². The van der Waals surface area contributed by atoms with Crippen LogP contribution in [0, 0.1) is 6.92 Å². The maximum atomic E-state index is 13.5. The van der Waals surface area contributed by atoms with Gasteiger partial charge in [0, 0.05) is 56.4 Å². The van der Waals surface area contributed by atoms with E-state index < -0.39 is 5.97 Å². The average Bonchev–Trinajstić information content (AvgIpc) is 3.22. The molecule has 1 aliphatic rings. The van der Waals surface area contributed by atoms with Crippen LogP contribution in [-0.4, -0.2) is 54.2 Å². The number of anilines is 1. The summed E-state index contributed by atoms with van der Waals surface area (Å²) in [7, 11) is 0. The highest BCUT2D eigenvalue weighted by molar-refractivity contribution is 9.10. The SMILES string of the molecule is CCOC(=O)c1c(CN2CCN(c3ccccc3C)CC2)n(-c2ccccc2)c2cc(Br)c(OC(C)=O)cc12. The van der Waals surface area contributed by atoms with Crippen molar-refractivity contribution in [3.63, 3.8) is 0 Å². The maximum Gasteiger partial charge on any atom is 0.340 e. The van der Waals surface area contributed by atoms with Gasteiger partial charge in [0.1, 0.15) is 5.75 Å². The Labute approximate surface area is 237 Å². The Balaban J connectivity index is 1.59. The molecule has 7 nitrogen and oxygen atoms in total. The summed E-state index contributed by atoms with van der Waals surface area (Å²) in [6.45, 7) is 9.65. The number of nitrogens with zero attached hydrogens (tertiary/aromatic N) is 3. The molecular weight excluding hydrogens is 558 g/mol. The van der Waals surface area contributed by atoms with Crippen LogP contribution < -0.4 is 9.64 Å². The van der Waals surface area contributed by atoms with Crippen molar-refractivity contribution >= 4 is 44.5 Å². The molecular formula is C31H32BrN3O4. The molecule has 8 heteroatoms. The number of benzene rings is 3. The minimum absolute atomic E-state index is 0.263. The van der Waals surface area contributed by atoms with E-state index in [2.05, 4.69) is 61.5 Å². The fourth-order valence-electron chi connectivity index (χ4n) is 5.30. The molecule has 0 aliphatic carbocycles. The summed E-state index contributed by atoms with van der Waals surface area (Å²) in [6.07, 6.45) is 0.